The summed E-state index contributed by atoms with van der Waals surface area (Å²) in [7, 11) is 2.10. The van der Waals surface area contributed by atoms with Crippen LogP contribution in [-0.4, -0.2) is 37.6 Å². The third-order valence-corrected chi connectivity index (χ3v) is 4.86. The Balaban J connectivity index is 3.51. The topological polar surface area (TPSA) is 21.7 Å². The lowest BCUT2D eigenvalue weighted by Gasteiger charge is -2.37. The molecule has 0 aromatic rings. The number of rotatable bonds is 18. The van der Waals surface area contributed by atoms with Gasteiger partial charge in [0.1, 0.15) is 0 Å². The van der Waals surface area contributed by atoms with E-state index in [4.69, 9.17) is 9.47 Å². The average molecular weight is 344 g/mol. The third kappa shape index (κ3) is 12.3. The van der Waals surface area contributed by atoms with E-state index in [2.05, 4.69) is 18.9 Å². The zero-order valence-electron chi connectivity index (χ0n) is 17.4. The van der Waals surface area contributed by atoms with E-state index >= 15 is 0 Å². The monoisotopic (exact) mass is 343 g/mol. The molecule has 0 aromatic heterocycles. The lowest BCUT2D eigenvalue weighted by Crippen LogP contribution is -2.49. The molecule has 0 heterocycles. The van der Waals surface area contributed by atoms with Crippen LogP contribution in [0.15, 0.2) is 0 Å². The summed E-state index contributed by atoms with van der Waals surface area (Å²) in [5.41, 5.74) is 0. The first-order chi connectivity index (χ1) is 11.6. The van der Waals surface area contributed by atoms with Crippen LogP contribution >= 0.6 is 0 Å². The van der Waals surface area contributed by atoms with Crippen molar-refractivity contribution in [2.75, 3.05) is 26.8 Å². The third-order valence-electron chi connectivity index (χ3n) is 4.86. The van der Waals surface area contributed by atoms with E-state index in [9.17, 15) is 0 Å². The minimum atomic E-state index is -0.568. The highest BCUT2D eigenvalue weighted by Crippen LogP contribution is 2.18. The van der Waals surface area contributed by atoms with Gasteiger partial charge < -0.3 is 9.47 Å². The average Bonchev–Trinajstić information content (AvgIpc) is 2.56. The van der Waals surface area contributed by atoms with Crippen LogP contribution in [0.4, 0.5) is 0 Å². The first-order valence-corrected chi connectivity index (χ1v) is 10.6. The number of hydrogen-bond acceptors (Lipinski definition) is 3. The SMILES string of the molecule is CCCCCCCCCCCCCCN(C)C(C)(OCC)OCC. The molecule has 0 aliphatic carbocycles. The molecule has 0 rings (SSSR count). The van der Waals surface area contributed by atoms with Gasteiger partial charge in [-0.25, -0.2) is 0 Å². The van der Waals surface area contributed by atoms with Gasteiger partial charge in [0.2, 0.25) is 5.91 Å². The van der Waals surface area contributed by atoms with Gasteiger partial charge >= 0.3 is 0 Å². The molecule has 0 aliphatic heterocycles. The number of ether oxygens (including phenoxy) is 2. The zero-order chi connectivity index (χ0) is 18.1. The Morgan fingerprint density at radius 1 is 0.625 bits per heavy atom. The molecule has 3 nitrogen and oxygen atoms in total. The molecule has 0 bridgehead atoms. The van der Waals surface area contributed by atoms with Crippen LogP contribution in [0.2, 0.25) is 0 Å². The summed E-state index contributed by atoms with van der Waals surface area (Å²) < 4.78 is 11.6. The molecule has 0 atom stereocenters. The molecule has 3 heteroatoms. The summed E-state index contributed by atoms with van der Waals surface area (Å²) in [5, 5.41) is 0. The van der Waals surface area contributed by atoms with E-state index in [1.165, 1.54) is 77.0 Å². The van der Waals surface area contributed by atoms with Crippen LogP contribution < -0.4 is 0 Å². The molecule has 0 saturated heterocycles. The van der Waals surface area contributed by atoms with Gasteiger partial charge in [0.15, 0.2) is 0 Å². The van der Waals surface area contributed by atoms with Crippen LogP contribution in [0.3, 0.4) is 0 Å². The molecule has 0 N–H and O–H groups in total. The molecule has 0 radical (unpaired) electrons. The molecule has 24 heavy (non-hydrogen) atoms. The van der Waals surface area contributed by atoms with Gasteiger partial charge in [-0.3, -0.25) is 4.90 Å². The Bertz CT molecular complexity index is 252. The predicted octanol–water partition coefficient (Wildman–Crippen LogP) is 6.37. The Morgan fingerprint density at radius 3 is 1.38 bits per heavy atom. The standard InChI is InChI=1S/C21H45NO2/c1-6-9-10-11-12-13-14-15-16-17-18-19-20-22(5)21(4,23-7-2)24-8-3/h6-20H2,1-5H3. The second-order valence-electron chi connectivity index (χ2n) is 7.07. The maximum absolute atomic E-state index is 5.79. The first-order valence-electron chi connectivity index (χ1n) is 10.6. The van der Waals surface area contributed by atoms with Crippen molar-refractivity contribution in [3.05, 3.63) is 0 Å². The van der Waals surface area contributed by atoms with E-state index in [1.54, 1.807) is 0 Å². The first kappa shape index (κ1) is 23.9. The van der Waals surface area contributed by atoms with Crippen LogP contribution in [-0.2, 0) is 9.47 Å². The van der Waals surface area contributed by atoms with Gasteiger partial charge in [0, 0.05) is 26.7 Å². The second kappa shape index (κ2) is 16.4. The summed E-state index contributed by atoms with van der Waals surface area (Å²) in [6.07, 6.45) is 16.7. The van der Waals surface area contributed by atoms with Gasteiger partial charge in [-0.05, 0) is 27.3 Å². The highest BCUT2D eigenvalue weighted by molar-refractivity contribution is 4.64. The Kier molecular flexibility index (Phi) is 16.3. The van der Waals surface area contributed by atoms with Gasteiger partial charge in [0.25, 0.3) is 0 Å². The number of unbranched alkanes of at least 4 members (excludes halogenated alkanes) is 11. The van der Waals surface area contributed by atoms with E-state index in [0.29, 0.717) is 13.2 Å². The quantitative estimate of drug-likeness (QED) is 0.213. The van der Waals surface area contributed by atoms with Gasteiger partial charge in [0.05, 0.1) is 0 Å². The van der Waals surface area contributed by atoms with Crippen molar-refractivity contribution in [1.82, 2.24) is 4.90 Å². The van der Waals surface area contributed by atoms with Crippen molar-refractivity contribution in [3.63, 3.8) is 0 Å². The minimum absolute atomic E-state index is 0.568. The highest BCUT2D eigenvalue weighted by atomic mass is 16.7. The molecule has 0 aromatic carbocycles. The summed E-state index contributed by atoms with van der Waals surface area (Å²) >= 11 is 0. The van der Waals surface area contributed by atoms with Gasteiger partial charge in [-0.1, -0.05) is 77.6 Å². The lowest BCUT2D eigenvalue weighted by molar-refractivity contribution is -0.298. The summed E-state index contributed by atoms with van der Waals surface area (Å²) in [4.78, 5) is 2.20. The summed E-state index contributed by atoms with van der Waals surface area (Å²) in [6, 6.07) is 0. The summed E-state index contributed by atoms with van der Waals surface area (Å²) in [5.74, 6) is -0.568. The molecule has 0 saturated carbocycles. The lowest BCUT2D eigenvalue weighted by atomic mass is 10.1. The van der Waals surface area contributed by atoms with Crippen LogP contribution in [0.25, 0.3) is 0 Å². The predicted molar refractivity (Wildman–Crippen MR) is 105 cm³/mol. The van der Waals surface area contributed by atoms with E-state index in [1.807, 2.05) is 20.8 Å². The van der Waals surface area contributed by atoms with Gasteiger partial charge in [-0.15, -0.1) is 0 Å². The summed E-state index contributed by atoms with van der Waals surface area (Å²) in [6.45, 7) is 10.8. The van der Waals surface area contributed by atoms with E-state index in [-0.39, 0.29) is 0 Å². The molecule has 0 fully saturated rings. The second-order valence-corrected chi connectivity index (χ2v) is 7.07. The maximum atomic E-state index is 5.79. The smallest absolute Gasteiger partial charge is 0.226 e. The largest absolute Gasteiger partial charge is 0.338 e. The van der Waals surface area contributed by atoms with Crippen molar-refractivity contribution in [2.45, 2.75) is 111 Å². The van der Waals surface area contributed by atoms with Crippen molar-refractivity contribution in [2.24, 2.45) is 0 Å². The molecule has 0 aliphatic rings. The molecular formula is C21H45NO2. The van der Waals surface area contributed by atoms with E-state index < -0.39 is 5.91 Å². The zero-order valence-corrected chi connectivity index (χ0v) is 17.4. The maximum Gasteiger partial charge on any atom is 0.226 e. The highest BCUT2D eigenvalue weighted by Gasteiger charge is 2.29. The fraction of sp³-hybridized carbons (Fsp3) is 1.00. The number of nitrogens with zero attached hydrogens (tertiary/aromatic N) is 1. The normalized spacial score (nSPS) is 12.2. The molecule has 0 amide bonds. The molecule has 0 spiro atoms. The molecule has 0 unspecified atom stereocenters. The van der Waals surface area contributed by atoms with Crippen LogP contribution in [0.5, 0.6) is 0 Å². The molecule has 146 valence electrons. The van der Waals surface area contributed by atoms with Crippen molar-refractivity contribution in [1.29, 1.82) is 0 Å². The van der Waals surface area contributed by atoms with Crippen LogP contribution in [0, 0.1) is 0 Å². The molecular weight excluding hydrogens is 298 g/mol. The number of hydrogen-bond donors (Lipinski definition) is 0. The van der Waals surface area contributed by atoms with Crippen molar-refractivity contribution >= 4 is 0 Å². The van der Waals surface area contributed by atoms with Gasteiger partial charge in [-0.2, -0.15) is 0 Å². The minimum Gasteiger partial charge on any atom is -0.338 e. The van der Waals surface area contributed by atoms with Crippen molar-refractivity contribution in [3.8, 4) is 0 Å². The van der Waals surface area contributed by atoms with Crippen LogP contribution in [0.1, 0.15) is 105 Å². The van der Waals surface area contributed by atoms with Crippen molar-refractivity contribution < 1.29 is 9.47 Å². The Morgan fingerprint density at radius 2 is 1.00 bits per heavy atom. The Hall–Kier alpha value is -0.120. The fourth-order valence-corrected chi connectivity index (χ4v) is 3.19. The van der Waals surface area contributed by atoms with E-state index in [0.717, 1.165) is 6.54 Å². The Labute approximate surface area is 152 Å². The fourth-order valence-electron chi connectivity index (χ4n) is 3.19.